The molecule has 0 amide bonds. The number of nitriles is 1. The number of ether oxygens (including phenoxy) is 2. The number of nitrogens with zero attached hydrogens (tertiary/aromatic N) is 3. The summed E-state index contributed by atoms with van der Waals surface area (Å²) >= 11 is 6.23. The Morgan fingerprint density at radius 3 is 3.00 bits per heavy atom. The zero-order valence-corrected chi connectivity index (χ0v) is 13.6. The van der Waals surface area contributed by atoms with Crippen molar-refractivity contribution in [2.24, 2.45) is 5.92 Å². The fraction of sp³-hybridized carbons (Fsp3) is 0.529. The van der Waals surface area contributed by atoms with Gasteiger partial charge in [0.2, 0.25) is 0 Å². The van der Waals surface area contributed by atoms with Gasteiger partial charge in [-0.1, -0.05) is 11.6 Å². The molecular weight excluding hydrogens is 314 g/mol. The lowest BCUT2D eigenvalue weighted by Gasteiger charge is -2.36. The maximum atomic E-state index is 9.14. The van der Waals surface area contributed by atoms with Crippen LogP contribution in [0.5, 0.6) is 0 Å². The molecule has 0 bridgehead atoms. The Labute approximate surface area is 139 Å². The number of imidazole rings is 1. The van der Waals surface area contributed by atoms with E-state index >= 15 is 0 Å². The third-order valence-corrected chi connectivity index (χ3v) is 5.13. The van der Waals surface area contributed by atoms with Crippen molar-refractivity contribution in [2.75, 3.05) is 13.2 Å². The molecule has 1 saturated heterocycles. The van der Waals surface area contributed by atoms with Crippen LogP contribution in [0.2, 0.25) is 5.02 Å². The monoisotopic (exact) mass is 331 g/mol. The van der Waals surface area contributed by atoms with Crippen LogP contribution < -0.4 is 0 Å². The predicted molar refractivity (Wildman–Crippen MR) is 86.1 cm³/mol. The molecule has 2 heterocycles. The molecule has 120 valence electrons. The molecule has 0 unspecified atom stereocenters. The summed E-state index contributed by atoms with van der Waals surface area (Å²) in [7, 11) is 0. The van der Waals surface area contributed by atoms with Crippen LogP contribution in [0.25, 0.3) is 11.0 Å². The number of fused-ring (bicyclic) bond motifs is 1. The van der Waals surface area contributed by atoms with Crippen molar-refractivity contribution in [1.82, 2.24) is 9.55 Å². The topological polar surface area (TPSA) is 60.1 Å². The predicted octanol–water partition coefficient (Wildman–Crippen LogP) is 3.49. The highest BCUT2D eigenvalue weighted by Gasteiger charge is 2.41. The Bertz CT molecular complexity index is 774. The van der Waals surface area contributed by atoms with Gasteiger partial charge in [0.1, 0.15) is 5.52 Å². The number of hydrogen-bond acceptors (Lipinski definition) is 4. The van der Waals surface area contributed by atoms with E-state index in [1.807, 2.05) is 12.4 Å². The number of rotatable bonds is 2. The van der Waals surface area contributed by atoms with Crippen LogP contribution in [-0.4, -0.2) is 28.6 Å². The Morgan fingerprint density at radius 1 is 1.39 bits per heavy atom. The number of halogens is 1. The fourth-order valence-electron chi connectivity index (χ4n) is 3.83. The van der Waals surface area contributed by atoms with Crippen LogP contribution in [0, 0.1) is 17.2 Å². The highest BCUT2D eigenvalue weighted by Crippen LogP contribution is 2.39. The summed E-state index contributed by atoms with van der Waals surface area (Å²) in [6.45, 7) is 2.24. The van der Waals surface area contributed by atoms with E-state index in [1.54, 1.807) is 6.07 Å². The van der Waals surface area contributed by atoms with Crippen LogP contribution in [0.15, 0.2) is 18.5 Å². The quantitative estimate of drug-likeness (QED) is 0.845. The lowest BCUT2D eigenvalue weighted by Crippen LogP contribution is -2.37. The molecule has 23 heavy (non-hydrogen) atoms. The molecule has 2 aliphatic rings. The van der Waals surface area contributed by atoms with Gasteiger partial charge in [0.25, 0.3) is 0 Å². The van der Waals surface area contributed by atoms with Crippen LogP contribution >= 0.6 is 11.6 Å². The SMILES string of the molecule is N#Cc1cc(Cl)c2ncn(C[C@H]3CCCC4(C3)OCCO4)c2c1. The minimum Gasteiger partial charge on any atom is -0.348 e. The van der Waals surface area contributed by atoms with Crippen LogP contribution in [0.4, 0.5) is 0 Å². The molecule has 1 aliphatic heterocycles. The zero-order valence-electron chi connectivity index (χ0n) is 12.8. The molecule has 2 fully saturated rings. The van der Waals surface area contributed by atoms with E-state index in [9.17, 15) is 0 Å². The zero-order chi connectivity index (χ0) is 15.9. The molecule has 1 atom stereocenters. The van der Waals surface area contributed by atoms with Crippen LogP contribution in [0.3, 0.4) is 0 Å². The second-order valence-corrected chi connectivity index (χ2v) is 6.81. The van der Waals surface area contributed by atoms with E-state index < -0.39 is 0 Å². The summed E-state index contributed by atoms with van der Waals surface area (Å²) in [5.41, 5.74) is 2.23. The van der Waals surface area contributed by atoms with E-state index in [0.717, 1.165) is 43.3 Å². The molecule has 1 saturated carbocycles. The average Bonchev–Trinajstić information content (AvgIpc) is 3.16. The highest BCUT2D eigenvalue weighted by molar-refractivity contribution is 6.35. The highest BCUT2D eigenvalue weighted by atomic mass is 35.5. The molecule has 1 spiro atoms. The first kappa shape index (κ1) is 14.9. The van der Waals surface area contributed by atoms with Crippen molar-refractivity contribution in [1.29, 1.82) is 5.26 Å². The van der Waals surface area contributed by atoms with Crippen LogP contribution in [0.1, 0.15) is 31.2 Å². The second kappa shape index (κ2) is 5.79. The molecule has 2 aromatic rings. The van der Waals surface area contributed by atoms with E-state index in [4.69, 9.17) is 26.3 Å². The lowest BCUT2D eigenvalue weighted by atomic mass is 9.84. The van der Waals surface area contributed by atoms with Crippen LogP contribution in [-0.2, 0) is 16.0 Å². The lowest BCUT2D eigenvalue weighted by molar-refractivity contribution is -0.187. The molecule has 5 nitrogen and oxygen atoms in total. The standard InChI is InChI=1S/C17H18ClN3O2/c18-14-6-13(9-19)7-15-16(14)20-11-21(15)10-12-2-1-3-17(8-12)22-4-5-23-17/h6-7,11-12H,1-5,8,10H2/t12-/m0/s1. The third kappa shape index (κ3) is 2.72. The Kier molecular flexibility index (Phi) is 3.76. The van der Waals surface area contributed by atoms with Gasteiger partial charge in [-0.25, -0.2) is 4.98 Å². The molecule has 1 aliphatic carbocycles. The first-order valence-electron chi connectivity index (χ1n) is 8.01. The Hall–Kier alpha value is -1.61. The number of hydrogen-bond donors (Lipinski definition) is 0. The Morgan fingerprint density at radius 2 is 2.22 bits per heavy atom. The molecule has 0 radical (unpaired) electrons. The summed E-state index contributed by atoms with van der Waals surface area (Å²) < 4.78 is 13.8. The number of aromatic nitrogens is 2. The fourth-order valence-corrected chi connectivity index (χ4v) is 4.09. The van der Waals surface area contributed by atoms with Crippen molar-refractivity contribution >= 4 is 22.6 Å². The Balaban J connectivity index is 1.60. The van der Waals surface area contributed by atoms with Crippen molar-refractivity contribution in [3.8, 4) is 6.07 Å². The largest absolute Gasteiger partial charge is 0.348 e. The third-order valence-electron chi connectivity index (χ3n) is 4.85. The molecule has 1 aromatic carbocycles. The minimum absolute atomic E-state index is 0.366. The average molecular weight is 332 g/mol. The van der Waals surface area contributed by atoms with Gasteiger partial charge in [0.15, 0.2) is 5.79 Å². The van der Waals surface area contributed by atoms with E-state index in [2.05, 4.69) is 15.6 Å². The summed E-state index contributed by atoms with van der Waals surface area (Å²) in [5.74, 6) is 0.109. The summed E-state index contributed by atoms with van der Waals surface area (Å²) in [6.07, 6.45) is 5.98. The van der Waals surface area contributed by atoms with Gasteiger partial charge in [0, 0.05) is 19.4 Å². The van der Waals surface area contributed by atoms with E-state index in [-0.39, 0.29) is 5.79 Å². The van der Waals surface area contributed by atoms with Crippen molar-refractivity contribution in [3.05, 3.63) is 29.0 Å². The van der Waals surface area contributed by atoms with Crippen molar-refractivity contribution in [2.45, 2.75) is 38.0 Å². The number of benzene rings is 1. The summed E-state index contributed by atoms with van der Waals surface area (Å²) in [5, 5.41) is 9.67. The normalized spacial score (nSPS) is 23.4. The van der Waals surface area contributed by atoms with Crippen molar-refractivity contribution in [3.63, 3.8) is 0 Å². The van der Waals surface area contributed by atoms with Gasteiger partial charge in [-0.05, 0) is 30.9 Å². The van der Waals surface area contributed by atoms with Gasteiger partial charge in [-0.2, -0.15) is 5.26 Å². The smallest absolute Gasteiger partial charge is 0.168 e. The summed E-state index contributed by atoms with van der Waals surface area (Å²) in [4.78, 5) is 4.41. The van der Waals surface area contributed by atoms with Gasteiger partial charge >= 0.3 is 0 Å². The van der Waals surface area contributed by atoms with Gasteiger partial charge in [0.05, 0.1) is 41.7 Å². The second-order valence-electron chi connectivity index (χ2n) is 6.40. The summed E-state index contributed by atoms with van der Waals surface area (Å²) in [6, 6.07) is 5.67. The molecular formula is C17H18ClN3O2. The molecule has 6 heteroatoms. The molecule has 0 N–H and O–H groups in total. The maximum absolute atomic E-state index is 9.14. The molecule has 4 rings (SSSR count). The van der Waals surface area contributed by atoms with Crippen molar-refractivity contribution < 1.29 is 9.47 Å². The molecule has 1 aromatic heterocycles. The maximum Gasteiger partial charge on any atom is 0.168 e. The first-order chi connectivity index (χ1) is 11.2. The van der Waals surface area contributed by atoms with Gasteiger partial charge in [-0.15, -0.1) is 0 Å². The van der Waals surface area contributed by atoms with Gasteiger partial charge in [-0.3, -0.25) is 0 Å². The van der Waals surface area contributed by atoms with E-state index in [0.29, 0.717) is 29.7 Å². The first-order valence-corrected chi connectivity index (χ1v) is 8.39. The van der Waals surface area contributed by atoms with E-state index in [1.165, 1.54) is 0 Å². The van der Waals surface area contributed by atoms with Gasteiger partial charge < -0.3 is 14.0 Å². The minimum atomic E-state index is -0.366.